The number of hydrogen-bond donors (Lipinski definition) is 1. The number of benzene rings is 2. The van der Waals surface area contributed by atoms with Gasteiger partial charge in [-0.3, -0.25) is 14.0 Å². The largest absolute Gasteiger partial charge is 0.471 e. The molecule has 0 aliphatic heterocycles. The van der Waals surface area contributed by atoms with Crippen molar-refractivity contribution in [2.75, 3.05) is 5.32 Å². The Bertz CT molecular complexity index is 1690. The van der Waals surface area contributed by atoms with E-state index in [9.17, 15) is 31.5 Å². The third-order valence-electron chi connectivity index (χ3n) is 7.32. The van der Waals surface area contributed by atoms with Crippen molar-refractivity contribution in [3.8, 4) is 0 Å². The van der Waals surface area contributed by atoms with E-state index in [1.807, 2.05) is 33.9 Å². The summed E-state index contributed by atoms with van der Waals surface area (Å²) in [5, 5.41) is 1.18. The van der Waals surface area contributed by atoms with E-state index in [0.29, 0.717) is 0 Å². The number of pyridine rings is 1. The van der Waals surface area contributed by atoms with Gasteiger partial charge in [-0.1, -0.05) is 50.6 Å². The molecule has 1 N–H and O–H groups in total. The Balaban J connectivity index is 2.00. The van der Waals surface area contributed by atoms with E-state index < -0.39 is 66.8 Å². The van der Waals surface area contributed by atoms with Crippen LogP contribution in [0.3, 0.4) is 0 Å². The molecule has 0 aliphatic rings. The first-order chi connectivity index (χ1) is 19.8. The van der Waals surface area contributed by atoms with Crippen LogP contribution in [-0.2, 0) is 9.22 Å². The van der Waals surface area contributed by atoms with Gasteiger partial charge in [0.15, 0.2) is 14.1 Å². The molecule has 2 aromatic heterocycles. The van der Waals surface area contributed by atoms with Crippen LogP contribution in [-0.4, -0.2) is 35.6 Å². The molecule has 2 aromatic carbocycles. The topological polar surface area (TPSA) is 72.7 Å². The molecule has 0 saturated carbocycles. The first kappa shape index (κ1) is 32.2. The fourth-order valence-electron chi connectivity index (χ4n) is 4.06. The first-order valence-corrected chi connectivity index (χ1v) is 16.1. The second-order valence-electron chi connectivity index (χ2n) is 11.3. The molecular formula is C29H26ClF6N3O3Si. The van der Waals surface area contributed by atoms with E-state index in [4.69, 9.17) is 16.0 Å². The number of fused-ring (bicyclic) bond motifs is 1. The van der Waals surface area contributed by atoms with Crippen LogP contribution in [0.5, 0.6) is 0 Å². The van der Waals surface area contributed by atoms with E-state index in [1.54, 1.807) is 0 Å². The Labute approximate surface area is 248 Å². The Kier molecular flexibility index (Phi) is 8.57. The molecule has 43 heavy (non-hydrogen) atoms. The number of halogens is 7. The third kappa shape index (κ3) is 6.33. The number of alkyl halides is 3. The number of rotatable bonds is 7. The molecule has 6 nitrogen and oxygen atoms in total. The zero-order chi connectivity index (χ0) is 32.1. The van der Waals surface area contributed by atoms with E-state index >= 15 is 4.39 Å². The van der Waals surface area contributed by atoms with Crippen molar-refractivity contribution < 1.29 is 40.4 Å². The molecule has 228 valence electrons. The average molecular weight is 642 g/mol. The minimum atomic E-state index is -5.37. The summed E-state index contributed by atoms with van der Waals surface area (Å²) < 4.78 is 91.6. The lowest BCUT2D eigenvalue weighted by molar-refractivity contribution is -0.167. The van der Waals surface area contributed by atoms with Gasteiger partial charge in [0.1, 0.15) is 34.9 Å². The summed E-state index contributed by atoms with van der Waals surface area (Å²) >= 11 is 6.42. The molecule has 1 atom stereocenters. The fraction of sp³-hybridized carbons (Fsp3) is 0.276. The van der Waals surface area contributed by atoms with Gasteiger partial charge >= 0.3 is 12.1 Å². The molecule has 4 aromatic rings. The van der Waals surface area contributed by atoms with Crippen LogP contribution < -0.4 is 5.32 Å². The molecule has 1 unspecified atom stereocenters. The van der Waals surface area contributed by atoms with Crippen LogP contribution in [0.25, 0.3) is 5.65 Å². The Morgan fingerprint density at radius 2 is 1.53 bits per heavy atom. The first-order valence-electron chi connectivity index (χ1n) is 12.8. The summed E-state index contributed by atoms with van der Waals surface area (Å²) in [6.07, 6.45) is -5.32. The lowest BCUT2D eigenvalue weighted by atomic mass is 10.0. The highest BCUT2D eigenvalue weighted by molar-refractivity contribution is 6.74. The lowest BCUT2D eigenvalue weighted by Gasteiger charge is -2.39. The van der Waals surface area contributed by atoms with Gasteiger partial charge in [-0.2, -0.15) is 13.2 Å². The van der Waals surface area contributed by atoms with Crippen molar-refractivity contribution in [3.05, 3.63) is 99.6 Å². The van der Waals surface area contributed by atoms with E-state index in [0.717, 1.165) is 22.6 Å². The van der Waals surface area contributed by atoms with Gasteiger partial charge in [0.25, 0.3) is 0 Å². The maximum atomic E-state index is 15.3. The number of imidazole rings is 1. The standard InChI is InChI=1S/C29H26ClF6N3O3Si/c1-28(2,3)43(4,5)42-25(21-16(30)8-6-9-17(21)31)15-12-13-20-37-26(38-27(41)29(34,35)36)23(39(20)14-15)24(40)22-18(32)10-7-11-19(22)33/h6-14,25H,1-5H3,(H,38,41). The minimum Gasteiger partial charge on any atom is -0.406 e. The highest BCUT2D eigenvalue weighted by Crippen LogP contribution is 2.43. The van der Waals surface area contributed by atoms with Gasteiger partial charge < -0.3 is 9.74 Å². The quantitative estimate of drug-likeness (QED) is 0.125. The number of nitrogens with zero attached hydrogens (tertiary/aromatic N) is 2. The Morgan fingerprint density at radius 3 is 2.09 bits per heavy atom. The number of carbonyl (C=O) groups excluding carboxylic acids is 2. The van der Waals surface area contributed by atoms with Crippen molar-refractivity contribution in [1.82, 2.24) is 9.38 Å². The highest BCUT2D eigenvalue weighted by Gasteiger charge is 2.42. The Hall–Kier alpha value is -3.68. The van der Waals surface area contributed by atoms with Crippen LogP contribution in [0.1, 0.15) is 54.1 Å². The molecule has 1 amide bonds. The van der Waals surface area contributed by atoms with Crippen molar-refractivity contribution >= 4 is 43.1 Å². The van der Waals surface area contributed by atoms with Crippen molar-refractivity contribution in [3.63, 3.8) is 0 Å². The van der Waals surface area contributed by atoms with Crippen LogP contribution in [0.2, 0.25) is 23.2 Å². The number of amides is 1. The van der Waals surface area contributed by atoms with Gasteiger partial charge in [-0.15, -0.1) is 0 Å². The maximum absolute atomic E-state index is 15.3. The van der Waals surface area contributed by atoms with Crippen LogP contribution in [0.15, 0.2) is 54.7 Å². The number of aromatic nitrogens is 2. The van der Waals surface area contributed by atoms with Gasteiger partial charge in [-0.25, -0.2) is 18.2 Å². The van der Waals surface area contributed by atoms with Crippen molar-refractivity contribution in [2.45, 2.75) is 51.2 Å². The van der Waals surface area contributed by atoms with Crippen molar-refractivity contribution in [2.24, 2.45) is 0 Å². The number of ketones is 1. The summed E-state index contributed by atoms with van der Waals surface area (Å²) in [6.45, 7) is 9.67. The number of carbonyl (C=O) groups is 2. The highest BCUT2D eigenvalue weighted by atomic mass is 35.5. The molecular weight excluding hydrogens is 616 g/mol. The molecule has 14 heteroatoms. The van der Waals surface area contributed by atoms with Gasteiger partial charge in [-0.05, 0) is 48.5 Å². The smallest absolute Gasteiger partial charge is 0.406 e. The predicted octanol–water partition coefficient (Wildman–Crippen LogP) is 8.25. The molecule has 0 bridgehead atoms. The van der Waals surface area contributed by atoms with E-state index in [2.05, 4.69) is 4.98 Å². The molecule has 0 spiro atoms. The second-order valence-corrected chi connectivity index (χ2v) is 16.4. The maximum Gasteiger partial charge on any atom is 0.471 e. The lowest BCUT2D eigenvalue weighted by Crippen LogP contribution is -2.42. The van der Waals surface area contributed by atoms with E-state index in [1.165, 1.54) is 41.8 Å². The monoisotopic (exact) mass is 641 g/mol. The number of hydrogen-bond acceptors (Lipinski definition) is 4. The molecule has 0 fully saturated rings. The Morgan fingerprint density at radius 1 is 0.953 bits per heavy atom. The SMILES string of the molecule is CC(C)(C)[Si](C)(C)OC(c1ccc2nc(NC(=O)C(F)(F)F)c(C(=O)c3c(F)cccc3F)n2c1)c1c(F)cccc1Cl. The number of anilines is 1. The zero-order valence-corrected chi connectivity index (χ0v) is 25.3. The summed E-state index contributed by atoms with van der Waals surface area (Å²) in [4.78, 5) is 29.3. The predicted molar refractivity (Wildman–Crippen MR) is 151 cm³/mol. The summed E-state index contributed by atoms with van der Waals surface area (Å²) in [5.74, 6) is -8.04. The molecule has 0 saturated heterocycles. The zero-order valence-electron chi connectivity index (χ0n) is 23.5. The minimum absolute atomic E-state index is 0.0253. The molecule has 2 heterocycles. The normalized spacial score (nSPS) is 13.3. The summed E-state index contributed by atoms with van der Waals surface area (Å²) in [5.41, 5.74) is -1.86. The molecule has 4 rings (SSSR count). The van der Waals surface area contributed by atoms with Gasteiger partial charge in [0, 0.05) is 22.3 Å². The van der Waals surface area contributed by atoms with Gasteiger partial charge in [0.2, 0.25) is 5.78 Å². The second kappa shape index (κ2) is 11.4. The van der Waals surface area contributed by atoms with E-state index in [-0.39, 0.29) is 26.8 Å². The third-order valence-corrected chi connectivity index (χ3v) is 12.1. The number of nitrogens with one attached hydrogen (secondary N) is 1. The molecule has 0 aliphatic carbocycles. The van der Waals surface area contributed by atoms with Gasteiger partial charge in [0.05, 0.1) is 5.56 Å². The molecule has 0 radical (unpaired) electrons. The van der Waals surface area contributed by atoms with Crippen LogP contribution >= 0.6 is 11.6 Å². The fourth-order valence-corrected chi connectivity index (χ4v) is 5.52. The van der Waals surface area contributed by atoms with Crippen molar-refractivity contribution in [1.29, 1.82) is 0 Å². The van der Waals surface area contributed by atoms with Crippen LogP contribution in [0, 0.1) is 17.5 Å². The summed E-state index contributed by atoms with van der Waals surface area (Å²) in [6, 6.07) is 9.35. The summed E-state index contributed by atoms with van der Waals surface area (Å²) in [7, 11) is -2.69. The van der Waals surface area contributed by atoms with Crippen LogP contribution in [0.4, 0.5) is 32.2 Å². The average Bonchev–Trinajstić information content (AvgIpc) is 3.23.